The van der Waals surface area contributed by atoms with Crippen molar-refractivity contribution in [2.75, 3.05) is 26.3 Å². The summed E-state index contributed by atoms with van der Waals surface area (Å²) in [6, 6.07) is 4.12. The largest absolute Gasteiger partial charge is 0.380 e. The molecule has 1 aromatic rings. The highest BCUT2D eigenvalue weighted by molar-refractivity contribution is 6.24. The third kappa shape index (κ3) is 4.11. The van der Waals surface area contributed by atoms with Gasteiger partial charge in [0.1, 0.15) is 6.04 Å². The lowest BCUT2D eigenvalue weighted by molar-refractivity contribution is -0.136. The molecule has 0 spiro atoms. The summed E-state index contributed by atoms with van der Waals surface area (Å²) in [5.41, 5.74) is 6.69. The molecule has 0 aromatic heterocycles. The molecule has 9 nitrogen and oxygen atoms in total. The molecule has 9 heteroatoms. The minimum atomic E-state index is -0.957. The van der Waals surface area contributed by atoms with Crippen molar-refractivity contribution in [3.8, 4) is 0 Å². The van der Waals surface area contributed by atoms with Crippen molar-refractivity contribution in [1.82, 2.24) is 15.5 Å². The molecule has 1 aromatic carbocycles. The molecule has 4 N–H and O–H groups in total. The molecule has 1 unspecified atom stereocenters. The molecular weight excluding hydrogens is 364 g/mol. The lowest BCUT2D eigenvalue weighted by Crippen LogP contribution is -2.54. The highest BCUT2D eigenvalue weighted by Crippen LogP contribution is 2.29. The zero-order valence-electron chi connectivity index (χ0n) is 15.5. The molecule has 4 amide bonds. The average Bonchev–Trinajstić information content (AvgIpc) is 2.93. The minimum absolute atomic E-state index is 0.0996. The number of hydrogen-bond donors (Lipinski definition) is 3. The zero-order valence-corrected chi connectivity index (χ0v) is 15.5. The van der Waals surface area contributed by atoms with Gasteiger partial charge >= 0.3 is 0 Å². The number of ether oxygens (including phenoxy) is 1. The van der Waals surface area contributed by atoms with Crippen LogP contribution in [0, 0.1) is 0 Å². The van der Waals surface area contributed by atoms with Crippen LogP contribution in [0.25, 0.3) is 0 Å². The summed E-state index contributed by atoms with van der Waals surface area (Å²) in [6.07, 6.45) is 1.05. The summed E-state index contributed by atoms with van der Waals surface area (Å²) in [4.78, 5) is 50.1. The van der Waals surface area contributed by atoms with Gasteiger partial charge in [0.2, 0.25) is 11.8 Å². The van der Waals surface area contributed by atoms with Crippen molar-refractivity contribution in [3.63, 3.8) is 0 Å². The van der Waals surface area contributed by atoms with Gasteiger partial charge in [-0.1, -0.05) is 12.1 Å². The fraction of sp³-hybridized carbons (Fsp3) is 0.474. The van der Waals surface area contributed by atoms with Crippen LogP contribution in [0.1, 0.15) is 45.5 Å². The zero-order chi connectivity index (χ0) is 20.1. The maximum atomic E-state index is 12.9. The van der Waals surface area contributed by atoms with Crippen molar-refractivity contribution in [3.05, 3.63) is 34.9 Å². The quantitative estimate of drug-likeness (QED) is 0.385. The number of amides is 4. The summed E-state index contributed by atoms with van der Waals surface area (Å²) in [6.45, 7) is 2.69. The summed E-state index contributed by atoms with van der Waals surface area (Å²) >= 11 is 0. The van der Waals surface area contributed by atoms with Gasteiger partial charge in [0.25, 0.3) is 11.8 Å². The van der Waals surface area contributed by atoms with Crippen LogP contribution in [0.3, 0.4) is 0 Å². The number of benzene rings is 1. The minimum Gasteiger partial charge on any atom is -0.380 e. The van der Waals surface area contributed by atoms with Gasteiger partial charge in [-0.3, -0.25) is 29.4 Å². The number of nitrogens with two attached hydrogens (primary N) is 1. The predicted molar refractivity (Wildman–Crippen MR) is 99.3 cm³/mol. The number of nitrogens with one attached hydrogen (secondary N) is 2. The third-order valence-corrected chi connectivity index (χ3v) is 4.79. The standard InChI is InChI=1S/C19H24N4O5/c20-7-2-9-28-10-8-21-11-12-3-1-4-13-16(12)19(27)23(18(13)26)14-5-6-15(24)22-17(14)25/h1,3-4,14,21H,2,5-11,20H2,(H,22,24,25). The van der Waals surface area contributed by atoms with E-state index in [2.05, 4.69) is 10.6 Å². The molecule has 0 bridgehead atoms. The van der Waals surface area contributed by atoms with E-state index >= 15 is 0 Å². The lowest BCUT2D eigenvalue weighted by atomic mass is 10.0. The monoisotopic (exact) mass is 388 g/mol. The number of hydrogen-bond acceptors (Lipinski definition) is 7. The summed E-state index contributed by atoms with van der Waals surface area (Å²) in [5.74, 6) is -2.00. The van der Waals surface area contributed by atoms with E-state index in [4.69, 9.17) is 10.5 Å². The first kappa shape index (κ1) is 20.1. The molecule has 1 fully saturated rings. The maximum absolute atomic E-state index is 12.9. The Morgan fingerprint density at radius 1 is 1.18 bits per heavy atom. The fourth-order valence-corrected chi connectivity index (χ4v) is 3.39. The number of piperidine rings is 1. The van der Waals surface area contributed by atoms with E-state index in [1.54, 1.807) is 18.2 Å². The third-order valence-electron chi connectivity index (χ3n) is 4.79. The Kier molecular flexibility index (Phi) is 6.50. The van der Waals surface area contributed by atoms with E-state index in [-0.39, 0.29) is 18.4 Å². The smallest absolute Gasteiger partial charge is 0.262 e. The molecule has 28 heavy (non-hydrogen) atoms. The second kappa shape index (κ2) is 9.05. The number of nitrogens with zero attached hydrogens (tertiary/aromatic N) is 1. The van der Waals surface area contributed by atoms with E-state index < -0.39 is 29.7 Å². The lowest BCUT2D eigenvalue weighted by Gasteiger charge is -2.27. The van der Waals surface area contributed by atoms with Gasteiger partial charge < -0.3 is 15.8 Å². The first-order valence-corrected chi connectivity index (χ1v) is 9.36. The van der Waals surface area contributed by atoms with Crippen LogP contribution < -0.4 is 16.4 Å². The van der Waals surface area contributed by atoms with E-state index in [1.165, 1.54) is 0 Å². The summed E-state index contributed by atoms with van der Waals surface area (Å²) in [7, 11) is 0. The molecule has 2 aliphatic heterocycles. The van der Waals surface area contributed by atoms with Crippen molar-refractivity contribution < 1.29 is 23.9 Å². The van der Waals surface area contributed by atoms with Gasteiger partial charge in [-0.2, -0.15) is 0 Å². The summed E-state index contributed by atoms with van der Waals surface area (Å²) < 4.78 is 5.42. The Bertz CT molecular complexity index is 795. The van der Waals surface area contributed by atoms with Gasteiger partial charge in [-0.05, 0) is 31.0 Å². The maximum Gasteiger partial charge on any atom is 0.262 e. The SMILES string of the molecule is NCCCOCCNCc1cccc2c1C(=O)N(C1CCC(=O)NC1=O)C2=O. The van der Waals surface area contributed by atoms with Crippen molar-refractivity contribution >= 4 is 23.6 Å². The Hall–Kier alpha value is -2.62. The highest BCUT2D eigenvalue weighted by Gasteiger charge is 2.45. The van der Waals surface area contributed by atoms with Gasteiger partial charge in [0.15, 0.2) is 0 Å². The average molecular weight is 388 g/mol. The van der Waals surface area contributed by atoms with Crippen LogP contribution in [-0.2, 0) is 20.9 Å². The van der Waals surface area contributed by atoms with E-state index in [0.29, 0.717) is 44.0 Å². The summed E-state index contributed by atoms with van der Waals surface area (Å²) in [5, 5.41) is 5.38. The highest BCUT2D eigenvalue weighted by atomic mass is 16.5. The molecule has 2 heterocycles. The van der Waals surface area contributed by atoms with Crippen LogP contribution in [0.4, 0.5) is 0 Å². The molecule has 1 saturated heterocycles. The Balaban J connectivity index is 1.66. The molecule has 1 atom stereocenters. The van der Waals surface area contributed by atoms with E-state index in [0.717, 1.165) is 11.3 Å². The normalized spacial score (nSPS) is 19.2. The molecule has 150 valence electrons. The van der Waals surface area contributed by atoms with Crippen LogP contribution in [0.2, 0.25) is 0 Å². The van der Waals surface area contributed by atoms with Crippen LogP contribution in [0.5, 0.6) is 0 Å². The molecular formula is C19H24N4O5. The van der Waals surface area contributed by atoms with Crippen LogP contribution >= 0.6 is 0 Å². The molecule has 2 aliphatic rings. The topological polar surface area (TPSA) is 131 Å². The number of fused-ring (bicyclic) bond motifs is 1. The van der Waals surface area contributed by atoms with E-state index in [1.807, 2.05) is 0 Å². The van der Waals surface area contributed by atoms with Gasteiger partial charge in [-0.15, -0.1) is 0 Å². The number of carbonyl (C=O) groups excluding carboxylic acids is 4. The molecule has 0 saturated carbocycles. The van der Waals surface area contributed by atoms with Crippen molar-refractivity contribution in [2.45, 2.75) is 31.8 Å². The predicted octanol–water partition coefficient (Wildman–Crippen LogP) is -0.457. The Labute approximate surface area is 162 Å². The number of carbonyl (C=O) groups is 4. The second-order valence-corrected chi connectivity index (χ2v) is 6.72. The first-order chi connectivity index (χ1) is 13.5. The molecule has 0 aliphatic carbocycles. The molecule has 3 rings (SSSR count). The number of rotatable bonds is 9. The van der Waals surface area contributed by atoms with Gasteiger partial charge in [0.05, 0.1) is 17.7 Å². The van der Waals surface area contributed by atoms with Gasteiger partial charge in [-0.25, -0.2) is 0 Å². The second-order valence-electron chi connectivity index (χ2n) is 6.72. The van der Waals surface area contributed by atoms with Crippen molar-refractivity contribution in [1.29, 1.82) is 0 Å². The van der Waals surface area contributed by atoms with Gasteiger partial charge in [0, 0.05) is 26.1 Å². The van der Waals surface area contributed by atoms with Crippen LogP contribution in [-0.4, -0.2) is 60.9 Å². The van der Waals surface area contributed by atoms with E-state index in [9.17, 15) is 19.2 Å². The fourth-order valence-electron chi connectivity index (χ4n) is 3.39. The Morgan fingerprint density at radius 3 is 2.75 bits per heavy atom. The van der Waals surface area contributed by atoms with Crippen molar-refractivity contribution in [2.24, 2.45) is 5.73 Å². The Morgan fingerprint density at radius 2 is 2.00 bits per heavy atom. The molecule has 0 radical (unpaired) electrons. The first-order valence-electron chi connectivity index (χ1n) is 9.36. The number of imide groups is 2. The van der Waals surface area contributed by atoms with Crippen LogP contribution in [0.15, 0.2) is 18.2 Å².